The van der Waals surface area contributed by atoms with Gasteiger partial charge in [0.15, 0.2) is 0 Å². The Kier molecular flexibility index (Phi) is 3.15. The average molecular weight is 243 g/mol. The summed E-state index contributed by atoms with van der Waals surface area (Å²) in [5, 5.41) is 9.15. The predicted molar refractivity (Wildman–Crippen MR) is 62.4 cm³/mol. The van der Waals surface area contributed by atoms with Crippen LogP contribution in [0.5, 0.6) is 0 Å². The second kappa shape index (κ2) is 4.28. The molecule has 0 bridgehead atoms. The molecule has 0 aromatic heterocycles. The highest BCUT2D eigenvalue weighted by Gasteiger charge is 2.48. The topological polar surface area (TPSA) is 57.6 Å². The van der Waals surface area contributed by atoms with Gasteiger partial charge in [0, 0.05) is 13.5 Å². The van der Waals surface area contributed by atoms with Crippen LogP contribution in [0, 0.1) is 5.41 Å². The van der Waals surface area contributed by atoms with Crippen LogP contribution in [-0.4, -0.2) is 46.0 Å². The summed E-state index contributed by atoms with van der Waals surface area (Å²) in [6.07, 6.45) is 2.74. The molecular weight excluding hydrogens is 226 g/mol. The molecular formula is C11H17NO3S. The second-order valence-corrected chi connectivity index (χ2v) is 6.04. The first-order valence-electron chi connectivity index (χ1n) is 5.62. The lowest BCUT2D eigenvalue weighted by Crippen LogP contribution is -2.39. The number of hydrogen-bond donors (Lipinski definition) is 1. The van der Waals surface area contributed by atoms with Gasteiger partial charge in [0.2, 0.25) is 5.91 Å². The number of hydrogen-bond acceptors (Lipinski definition) is 3. The molecule has 0 aliphatic carbocycles. The zero-order valence-corrected chi connectivity index (χ0v) is 10.3. The Bertz CT molecular complexity index is 288. The molecule has 0 radical (unpaired) electrons. The zero-order valence-electron chi connectivity index (χ0n) is 9.44. The fourth-order valence-electron chi connectivity index (χ4n) is 2.77. The molecule has 1 atom stereocenters. The SMILES string of the molecule is CC(=O)N1CC2(CCSCC2)CC1C(=O)O. The van der Waals surface area contributed by atoms with Crippen LogP contribution in [-0.2, 0) is 9.59 Å². The normalized spacial score (nSPS) is 28.3. The van der Waals surface area contributed by atoms with E-state index in [0.717, 1.165) is 24.3 Å². The van der Waals surface area contributed by atoms with Crippen LogP contribution >= 0.6 is 11.8 Å². The number of likely N-dealkylation sites (tertiary alicyclic amines) is 1. The number of nitrogens with zero attached hydrogens (tertiary/aromatic N) is 1. The van der Waals surface area contributed by atoms with E-state index in [2.05, 4.69) is 0 Å². The highest BCUT2D eigenvalue weighted by atomic mass is 32.2. The van der Waals surface area contributed by atoms with Gasteiger partial charge in [-0.05, 0) is 36.2 Å². The monoisotopic (exact) mass is 243 g/mol. The summed E-state index contributed by atoms with van der Waals surface area (Å²) >= 11 is 1.92. The smallest absolute Gasteiger partial charge is 0.326 e. The van der Waals surface area contributed by atoms with Crippen molar-refractivity contribution in [2.24, 2.45) is 5.41 Å². The molecule has 4 nitrogen and oxygen atoms in total. The van der Waals surface area contributed by atoms with Crippen molar-refractivity contribution in [3.63, 3.8) is 0 Å². The summed E-state index contributed by atoms with van der Waals surface area (Å²) < 4.78 is 0. The van der Waals surface area contributed by atoms with E-state index in [1.807, 2.05) is 11.8 Å². The van der Waals surface area contributed by atoms with E-state index in [-0.39, 0.29) is 11.3 Å². The molecule has 1 unspecified atom stereocenters. The summed E-state index contributed by atoms with van der Waals surface area (Å²) in [4.78, 5) is 24.1. The number of rotatable bonds is 1. The summed E-state index contributed by atoms with van der Waals surface area (Å²) in [7, 11) is 0. The van der Waals surface area contributed by atoms with Crippen LogP contribution in [0.15, 0.2) is 0 Å². The summed E-state index contributed by atoms with van der Waals surface area (Å²) in [5.74, 6) is 1.23. The Labute approximate surface area is 99.4 Å². The largest absolute Gasteiger partial charge is 0.480 e. The molecule has 1 spiro atoms. The van der Waals surface area contributed by atoms with Crippen LogP contribution in [0.2, 0.25) is 0 Å². The van der Waals surface area contributed by atoms with E-state index >= 15 is 0 Å². The number of carboxylic acid groups (broad SMARTS) is 1. The van der Waals surface area contributed by atoms with Crippen molar-refractivity contribution < 1.29 is 14.7 Å². The van der Waals surface area contributed by atoms with Gasteiger partial charge < -0.3 is 10.0 Å². The maximum absolute atomic E-state index is 11.4. The zero-order chi connectivity index (χ0) is 11.8. The van der Waals surface area contributed by atoms with Crippen LogP contribution < -0.4 is 0 Å². The van der Waals surface area contributed by atoms with Crippen molar-refractivity contribution in [3.8, 4) is 0 Å². The third-order valence-electron chi connectivity index (χ3n) is 3.75. The lowest BCUT2D eigenvalue weighted by molar-refractivity contribution is -0.147. The molecule has 1 N–H and O–H groups in total. The molecule has 2 saturated heterocycles. The van der Waals surface area contributed by atoms with E-state index in [1.54, 1.807) is 4.90 Å². The van der Waals surface area contributed by atoms with Gasteiger partial charge in [-0.1, -0.05) is 0 Å². The number of carbonyl (C=O) groups excluding carboxylic acids is 1. The molecule has 2 aliphatic heterocycles. The first kappa shape index (κ1) is 11.8. The van der Waals surface area contributed by atoms with Crippen molar-refractivity contribution in [3.05, 3.63) is 0 Å². The molecule has 5 heteroatoms. The Morgan fingerprint density at radius 2 is 2.00 bits per heavy atom. The third kappa shape index (κ3) is 2.05. The van der Waals surface area contributed by atoms with E-state index in [0.29, 0.717) is 13.0 Å². The lowest BCUT2D eigenvalue weighted by Gasteiger charge is -2.32. The van der Waals surface area contributed by atoms with Gasteiger partial charge in [-0.15, -0.1) is 0 Å². The quantitative estimate of drug-likeness (QED) is 0.752. The molecule has 2 fully saturated rings. The van der Waals surface area contributed by atoms with Crippen LogP contribution in [0.25, 0.3) is 0 Å². The van der Waals surface area contributed by atoms with Gasteiger partial charge in [-0.3, -0.25) is 4.79 Å². The molecule has 16 heavy (non-hydrogen) atoms. The maximum Gasteiger partial charge on any atom is 0.326 e. The lowest BCUT2D eigenvalue weighted by atomic mass is 9.80. The first-order valence-corrected chi connectivity index (χ1v) is 6.77. The molecule has 0 aromatic rings. The molecule has 2 rings (SSSR count). The summed E-state index contributed by atoms with van der Waals surface area (Å²) in [6, 6.07) is -0.597. The fourth-order valence-corrected chi connectivity index (χ4v) is 4.13. The number of thioether (sulfide) groups is 1. The molecule has 90 valence electrons. The highest BCUT2D eigenvalue weighted by molar-refractivity contribution is 7.99. The van der Waals surface area contributed by atoms with Crippen molar-refractivity contribution in [2.75, 3.05) is 18.1 Å². The number of aliphatic carboxylic acids is 1. The molecule has 2 heterocycles. The predicted octanol–water partition coefficient (Wildman–Crippen LogP) is 1.21. The summed E-state index contributed by atoms with van der Waals surface area (Å²) in [5.41, 5.74) is 0.0833. The van der Waals surface area contributed by atoms with Crippen LogP contribution in [0.3, 0.4) is 0 Å². The number of carboxylic acids is 1. The Balaban J connectivity index is 2.16. The first-order chi connectivity index (χ1) is 7.54. The fraction of sp³-hybridized carbons (Fsp3) is 0.818. The van der Waals surface area contributed by atoms with Gasteiger partial charge >= 0.3 is 5.97 Å². The minimum Gasteiger partial charge on any atom is -0.480 e. The average Bonchev–Trinajstić information content (AvgIpc) is 2.59. The van der Waals surface area contributed by atoms with Gasteiger partial charge in [0.1, 0.15) is 6.04 Å². The van der Waals surface area contributed by atoms with Crippen molar-refractivity contribution >= 4 is 23.6 Å². The minimum absolute atomic E-state index is 0.0833. The van der Waals surface area contributed by atoms with Gasteiger partial charge in [0.05, 0.1) is 0 Å². The standard InChI is InChI=1S/C11H17NO3S/c1-8(13)12-7-11(2-4-16-5-3-11)6-9(12)10(14)15/h9H,2-7H2,1H3,(H,14,15). The number of carbonyl (C=O) groups is 2. The van der Waals surface area contributed by atoms with E-state index < -0.39 is 12.0 Å². The molecule has 0 aromatic carbocycles. The second-order valence-electron chi connectivity index (χ2n) is 4.82. The number of amides is 1. The van der Waals surface area contributed by atoms with Crippen LogP contribution in [0.4, 0.5) is 0 Å². The maximum atomic E-state index is 11.4. The van der Waals surface area contributed by atoms with Gasteiger partial charge in [-0.2, -0.15) is 11.8 Å². The van der Waals surface area contributed by atoms with Crippen molar-refractivity contribution in [2.45, 2.75) is 32.2 Å². The molecule has 0 saturated carbocycles. The third-order valence-corrected chi connectivity index (χ3v) is 4.74. The Morgan fingerprint density at radius 3 is 2.44 bits per heavy atom. The minimum atomic E-state index is -0.856. The summed E-state index contributed by atoms with van der Waals surface area (Å²) in [6.45, 7) is 2.10. The van der Waals surface area contributed by atoms with E-state index in [4.69, 9.17) is 5.11 Å². The molecule has 2 aliphatic rings. The Morgan fingerprint density at radius 1 is 1.38 bits per heavy atom. The van der Waals surface area contributed by atoms with E-state index in [1.165, 1.54) is 6.92 Å². The van der Waals surface area contributed by atoms with Gasteiger partial charge in [-0.25, -0.2) is 4.79 Å². The highest BCUT2D eigenvalue weighted by Crippen LogP contribution is 2.45. The molecule has 1 amide bonds. The Hall–Kier alpha value is -0.710. The van der Waals surface area contributed by atoms with Crippen molar-refractivity contribution in [1.82, 2.24) is 4.90 Å². The van der Waals surface area contributed by atoms with Crippen LogP contribution in [0.1, 0.15) is 26.2 Å². The van der Waals surface area contributed by atoms with E-state index in [9.17, 15) is 9.59 Å². The van der Waals surface area contributed by atoms with Gasteiger partial charge in [0.25, 0.3) is 0 Å². The van der Waals surface area contributed by atoms with Crippen molar-refractivity contribution in [1.29, 1.82) is 0 Å².